The van der Waals surface area contributed by atoms with Gasteiger partial charge in [0.2, 0.25) is 0 Å². The summed E-state index contributed by atoms with van der Waals surface area (Å²) in [5.41, 5.74) is 3.55. The Morgan fingerprint density at radius 1 is 0.696 bits per heavy atom. The fourth-order valence-corrected chi connectivity index (χ4v) is 2.35. The summed E-state index contributed by atoms with van der Waals surface area (Å²) in [5.74, 6) is 0. The Kier molecular flexibility index (Phi) is 3.40. The van der Waals surface area contributed by atoms with Crippen molar-refractivity contribution in [3.05, 3.63) is 78.6 Å². The van der Waals surface area contributed by atoms with Crippen LogP contribution in [0.2, 0.25) is 0 Å². The molecule has 0 amide bonds. The summed E-state index contributed by atoms with van der Waals surface area (Å²) >= 11 is 0. The Bertz CT molecular complexity index is 895. The largest absolute Gasteiger partial charge is 0.247 e. The molecule has 0 bridgehead atoms. The van der Waals surface area contributed by atoms with Gasteiger partial charge < -0.3 is 0 Å². The van der Waals surface area contributed by atoms with Crippen molar-refractivity contribution < 1.29 is 0 Å². The second-order valence-corrected chi connectivity index (χ2v) is 5.17. The summed E-state index contributed by atoms with van der Waals surface area (Å²) in [6.45, 7) is 0.681. The van der Waals surface area contributed by atoms with Crippen molar-refractivity contribution in [2.45, 2.75) is 6.54 Å². The smallest absolute Gasteiger partial charge is 0.135 e. The molecule has 0 spiro atoms. The van der Waals surface area contributed by atoms with Crippen LogP contribution >= 0.6 is 0 Å². The Morgan fingerprint density at radius 2 is 1.35 bits per heavy atom. The summed E-state index contributed by atoms with van der Waals surface area (Å²) in [6, 6.07) is 20.0. The minimum absolute atomic E-state index is 0.681. The zero-order valence-electron chi connectivity index (χ0n) is 12.3. The molecule has 0 saturated heterocycles. The SMILES string of the molecule is c1ccc(Cn2cc(-c3cn(-c4ccccc4)nn3)nn2)cc1. The van der Waals surface area contributed by atoms with Gasteiger partial charge in [0, 0.05) is 0 Å². The number of aromatic nitrogens is 6. The first-order valence-corrected chi connectivity index (χ1v) is 7.31. The molecule has 0 unspecified atom stereocenters. The van der Waals surface area contributed by atoms with Gasteiger partial charge in [-0.05, 0) is 17.7 Å². The molecule has 2 aromatic heterocycles. The quantitative estimate of drug-likeness (QED) is 0.581. The summed E-state index contributed by atoms with van der Waals surface area (Å²) in [6.07, 6.45) is 3.73. The van der Waals surface area contributed by atoms with Crippen molar-refractivity contribution in [2.75, 3.05) is 0 Å². The van der Waals surface area contributed by atoms with E-state index in [9.17, 15) is 0 Å². The van der Waals surface area contributed by atoms with Crippen LogP contribution in [0.5, 0.6) is 0 Å². The number of benzene rings is 2. The van der Waals surface area contributed by atoms with Crippen LogP contribution in [0.3, 0.4) is 0 Å². The monoisotopic (exact) mass is 302 g/mol. The molecule has 2 aromatic carbocycles. The van der Waals surface area contributed by atoms with Gasteiger partial charge in [-0.2, -0.15) is 0 Å². The van der Waals surface area contributed by atoms with Gasteiger partial charge in [-0.25, -0.2) is 9.36 Å². The normalized spacial score (nSPS) is 10.8. The zero-order chi connectivity index (χ0) is 15.5. The number of hydrogen-bond donors (Lipinski definition) is 0. The van der Waals surface area contributed by atoms with Gasteiger partial charge in [-0.15, -0.1) is 10.2 Å². The lowest BCUT2D eigenvalue weighted by molar-refractivity contribution is 0.650. The van der Waals surface area contributed by atoms with E-state index < -0.39 is 0 Å². The lowest BCUT2D eigenvalue weighted by Gasteiger charge is -1.99. The molecule has 0 aliphatic heterocycles. The molecule has 4 rings (SSSR count). The summed E-state index contributed by atoms with van der Waals surface area (Å²) in [7, 11) is 0. The van der Waals surface area contributed by atoms with Gasteiger partial charge >= 0.3 is 0 Å². The number of rotatable bonds is 4. The van der Waals surface area contributed by atoms with Crippen molar-refractivity contribution in [3.8, 4) is 17.1 Å². The molecule has 0 radical (unpaired) electrons. The minimum Gasteiger partial charge on any atom is -0.247 e. The fraction of sp³-hybridized carbons (Fsp3) is 0.0588. The standard InChI is InChI=1S/C17H14N6/c1-3-7-14(8-4-1)11-22-12-16(18-20-22)17-13-23(21-19-17)15-9-5-2-6-10-15/h1-10,12-13H,11H2. The predicted molar refractivity (Wildman–Crippen MR) is 85.9 cm³/mol. The van der Waals surface area contributed by atoms with Crippen LogP contribution in [0, 0.1) is 0 Å². The molecule has 0 saturated carbocycles. The Balaban J connectivity index is 1.56. The van der Waals surface area contributed by atoms with E-state index in [1.54, 1.807) is 9.36 Å². The second-order valence-electron chi connectivity index (χ2n) is 5.17. The number of para-hydroxylation sites is 1. The first-order chi connectivity index (χ1) is 11.4. The highest BCUT2D eigenvalue weighted by molar-refractivity contribution is 5.51. The molecule has 0 aliphatic carbocycles. The third-order valence-corrected chi connectivity index (χ3v) is 3.50. The second kappa shape index (κ2) is 5.84. The van der Waals surface area contributed by atoms with E-state index in [2.05, 4.69) is 32.8 Å². The van der Waals surface area contributed by atoms with Crippen molar-refractivity contribution in [3.63, 3.8) is 0 Å². The van der Waals surface area contributed by atoms with Crippen LogP contribution in [-0.2, 0) is 6.54 Å². The Morgan fingerprint density at radius 3 is 2.13 bits per heavy atom. The van der Waals surface area contributed by atoms with Crippen molar-refractivity contribution in [2.24, 2.45) is 0 Å². The lowest BCUT2D eigenvalue weighted by atomic mass is 10.2. The topological polar surface area (TPSA) is 61.4 Å². The van der Waals surface area contributed by atoms with Gasteiger partial charge in [0.25, 0.3) is 0 Å². The van der Waals surface area contributed by atoms with Gasteiger partial charge in [0.05, 0.1) is 24.6 Å². The maximum absolute atomic E-state index is 4.19. The highest BCUT2D eigenvalue weighted by Gasteiger charge is 2.09. The molecule has 0 fully saturated rings. The maximum atomic E-state index is 4.19. The minimum atomic E-state index is 0.681. The van der Waals surface area contributed by atoms with E-state index in [1.807, 2.05) is 60.9 Å². The molecular weight excluding hydrogens is 288 g/mol. The predicted octanol–water partition coefficient (Wildman–Crippen LogP) is 2.57. The first kappa shape index (κ1) is 13.4. The molecule has 0 N–H and O–H groups in total. The number of hydrogen-bond acceptors (Lipinski definition) is 4. The van der Waals surface area contributed by atoms with Crippen molar-refractivity contribution in [1.82, 2.24) is 30.0 Å². The van der Waals surface area contributed by atoms with E-state index in [-0.39, 0.29) is 0 Å². The number of nitrogens with zero attached hydrogens (tertiary/aromatic N) is 6. The average molecular weight is 302 g/mol. The lowest BCUT2D eigenvalue weighted by Crippen LogP contribution is -1.99. The van der Waals surface area contributed by atoms with Crippen molar-refractivity contribution in [1.29, 1.82) is 0 Å². The van der Waals surface area contributed by atoms with Crippen LogP contribution in [0.1, 0.15) is 5.56 Å². The Labute approximate surface area is 133 Å². The molecule has 0 atom stereocenters. The zero-order valence-corrected chi connectivity index (χ0v) is 12.3. The highest BCUT2D eigenvalue weighted by atomic mass is 15.4. The van der Waals surface area contributed by atoms with Crippen LogP contribution in [0.15, 0.2) is 73.1 Å². The molecule has 23 heavy (non-hydrogen) atoms. The van der Waals surface area contributed by atoms with Crippen LogP contribution in [-0.4, -0.2) is 30.0 Å². The third kappa shape index (κ3) is 2.87. The molecule has 0 aliphatic rings. The summed E-state index contributed by atoms with van der Waals surface area (Å²) in [5, 5.41) is 16.7. The van der Waals surface area contributed by atoms with E-state index in [0.717, 1.165) is 5.69 Å². The first-order valence-electron chi connectivity index (χ1n) is 7.31. The van der Waals surface area contributed by atoms with Crippen LogP contribution in [0.4, 0.5) is 0 Å². The molecular formula is C17H14N6. The van der Waals surface area contributed by atoms with Crippen LogP contribution < -0.4 is 0 Å². The molecule has 6 nitrogen and oxygen atoms in total. The fourth-order valence-electron chi connectivity index (χ4n) is 2.35. The van der Waals surface area contributed by atoms with Gasteiger partial charge in [-0.1, -0.05) is 59.0 Å². The molecule has 6 heteroatoms. The highest BCUT2D eigenvalue weighted by Crippen LogP contribution is 2.15. The van der Waals surface area contributed by atoms with Gasteiger partial charge in [-0.3, -0.25) is 0 Å². The van der Waals surface area contributed by atoms with E-state index in [0.29, 0.717) is 17.9 Å². The van der Waals surface area contributed by atoms with Crippen molar-refractivity contribution >= 4 is 0 Å². The van der Waals surface area contributed by atoms with Gasteiger partial charge in [0.15, 0.2) is 0 Å². The van der Waals surface area contributed by atoms with E-state index in [4.69, 9.17) is 0 Å². The maximum Gasteiger partial charge on any atom is 0.135 e. The summed E-state index contributed by atoms with van der Waals surface area (Å²) in [4.78, 5) is 0. The van der Waals surface area contributed by atoms with Gasteiger partial charge in [0.1, 0.15) is 11.4 Å². The Hall–Kier alpha value is -3.28. The van der Waals surface area contributed by atoms with E-state index in [1.165, 1.54) is 5.56 Å². The average Bonchev–Trinajstić information content (AvgIpc) is 3.26. The summed E-state index contributed by atoms with van der Waals surface area (Å²) < 4.78 is 3.53. The molecule has 112 valence electrons. The van der Waals surface area contributed by atoms with Crippen LogP contribution in [0.25, 0.3) is 17.1 Å². The molecule has 4 aromatic rings. The van der Waals surface area contributed by atoms with E-state index >= 15 is 0 Å². The third-order valence-electron chi connectivity index (χ3n) is 3.50. The molecule has 2 heterocycles.